The number of alkyl halides is 3. The normalized spacial score (nSPS) is 28.9. The van der Waals surface area contributed by atoms with E-state index in [0.717, 1.165) is 19.4 Å². The number of rotatable bonds is 4. The van der Waals surface area contributed by atoms with Gasteiger partial charge in [-0.2, -0.15) is 0 Å². The number of aliphatic hydroxyl groups excluding tert-OH is 1. The van der Waals surface area contributed by atoms with Crippen LogP contribution in [-0.4, -0.2) is 48.3 Å². The molecule has 3 unspecified atom stereocenters. The number of benzene rings is 1. The van der Waals surface area contributed by atoms with Crippen molar-refractivity contribution >= 4 is 0 Å². The molecule has 2 saturated heterocycles. The molecule has 2 heterocycles. The summed E-state index contributed by atoms with van der Waals surface area (Å²) in [4.78, 5) is 2.14. The Balaban J connectivity index is 1.73. The van der Waals surface area contributed by atoms with E-state index in [1.807, 2.05) is 0 Å². The Hall–Kier alpha value is -1.31. The van der Waals surface area contributed by atoms with Gasteiger partial charge in [-0.1, -0.05) is 18.2 Å². The minimum absolute atomic E-state index is 0.0111. The molecular formula is C17H22F3NO3. The Morgan fingerprint density at radius 3 is 2.79 bits per heavy atom. The van der Waals surface area contributed by atoms with E-state index in [2.05, 4.69) is 9.64 Å². The van der Waals surface area contributed by atoms with E-state index in [0.29, 0.717) is 31.7 Å². The maximum atomic E-state index is 12.6. The number of para-hydroxylation sites is 1. The highest BCUT2D eigenvalue weighted by Gasteiger charge is 2.38. The molecular weight excluding hydrogens is 323 g/mol. The van der Waals surface area contributed by atoms with Crippen LogP contribution >= 0.6 is 0 Å². The predicted molar refractivity (Wildman–Crippen MR) is 81.5 cm³/mol. The fourth-order valence-electron chi connectivity index (χ4n) is 3.73. The highest BCUT2D eigenvalue weighted by Crippen LogP contribution is 2.33. The first-order chi connectivity index (χ1) is 11.4. The monoisotopic (exact) mass is 345 g/mol. The van der Waals surface area contributed by atoms with Crippen molar-refractivity contribution in [2.75, 3.05) is 19.8 Å². The van der Waals surface area contributed by atoms with Crippen molar-refractivity contribution in [3.63, 3.8) is 0 Å². The van der Waals surface area contributed by atoms with Crippen molar-refractivity contribution < 1.29 is 27.8 Å². The van der Waals surface area contributed by atoms with Gasteiger partial charge >= 0.3 is 6.36 Å². The summed E-state index contributed by atoms with van der Waals surface area (Å²) in [5.74, 6) is -0.145. The molecule has 134 valence electrons. The van der Waals surface area contributed by atoms with E-state index in [1.54, 1.807) is 12.1 Å². The van der Waals surface area contributed by atoms with Gasteiger partial charge < -0.3 is 14.6 Å². The van der Waals surface area contributed by atoms with Crippen LogP contribution in [0.5, 0.6) is 5.75 Å². The van der Waals surface area contributed by atoms with Gasteiger partial charge in [-0.05, 0) is 31.9 Å². The summed E-state index contributed by atoms with van der Waals surface area (Å²) in [5.41, 5.74) is 0.507. The van der Waals surface area contributed by atoms with Crippen LogP contribution in [0.15, 0.2) is 24.3 Å². The topological polar surface area (TPSA) is 41.9 Å². The number of ether oxygens (including phenoxy) is 2. The molecule has 4 nitrogen and oxygen atoms in total. The molecule has 3 atom stereocenters. The van der Waals surface area contributed by atoms with E-state index >= 15 is 0 Å². The molecule has 0 radical (unpaired) electrons. The quantitative estimate of drug-likeness (QED) is 0.911. The van der Waals surface area contributed by atoms with E-state index in [4.69, 9.17) is 4.74 Å². The van der Waals surface area contributed by atoms with Gasteiger partial charge in [0.25, 0.3) is 0 Å². The first-order valence-corrected chi connectivity index (χ1v) is 8.27. The lowest BCUT2D eigenvalue weighted by Crippen LogP contribution is -2.45. The van der Waals surface area contributed by atoms with E-state index in [9.17, 15) is 18.3 Å². The lowest BCUT2D eigenvalue weighted by Gasteiger charge is -2.37. The van der Waals surface area contributed by atoms with Crippen LogP contribution in [0.25, 0.3) is 0 Å². The summed E-state index contributed by atoms with van der Waals surface area (Å²) in [5, 5.41) is 10.2. The van der Waals surface area contributed by atoms with Crippen LogP contribution in [0.1, 0.15) is 24.8 Å². The second kappa shape index (κ2) is 7.29. The molecule has 24 heavy (non-hydrogen) atoms. The fraction of sp³-hybridized carbons (Fsp3) is 0.647. The SMILES string of the molecule is OC1CCOCC1C1CCCN1Cc1ccccc1OC(F)(F)F. The van der Waals surface area contributed by atoms with Crippen LogP contribution in [-0.2, 0) is 11.3 Å². The highest BCUT2D eigenvalue weighted by molar-refractivity contribution is 5.33. The Morgan fingerprint density at radius 1 is 1.25 bits per heavy atom. The lowest BCUT2D eigenvalue weighted by molar-refractivity contribution is -0.275. The van der Waals surface area contributed by atoms with Crippen molar-refractivity contribution in [1.29, 1.82) is 0 Å². The number of halogens is 3. The summed E-state index contributed by atoms with van der Waals surface area (Å²) in [7, 11) is 0. The first kappa shape index (κ1) is 17.5. The Kier molecular flexibility index (Phi) is 5.32. The van der Waals surface area contributed by atoms with Crippen molar-refractivity contribution in [3.05, 3.63) is 29.8 Å². The molecule has 0 aliphatic carbocycles. The molecule has 0 bridgehead atoms. The van der Waals surface area contributed by atoms with Gasteiger partial charge in [0.1, 0.15) is 5.75 Å². The van der Waals surface area contributed by atoms with Gasteiger partial charge in [-0.3, -0.25) is 4.90 Å². The van der Waals surface area contributed by atoms with Crippen LogP contribution in [0.3, 0.4) is 0 Å². The first-order valence-electron chi connectivity index (χ1n) is 8.27. The molecule has 1 aromatic carbocycles. The summed E-state index contributed by atoms with van der Waals surface area (Å²) < 4.78 is 47.3. The molecule has 2 aliphatic rings. The van der Waals surface area contributed by atoms with Crippen molar-refractivity contribution in [2.24, 2.45) is 5.92 Å². The molecule has 7 heteroatoms. The standard InChI is InChI=1S/C17H22F3NO3/c18-17(19,20)24-16-6-2-1-4-12(16)10-21-8-3-5-14(21)13-11-23-9-7-15(13)22/h1-2,4,6,13-15,22H,3,5,7-11H2. The zero-order chi connectivity index (χ0) is 17.2. The summed E-state index contributed by atoms with van der Waals surface area (Å²) in [6.45, 7) is 2.24. The average Bonchev–Trinajstić information content (AvgIpc) is 2.96. The van der Waals surface area contributed by atoms with Gasteiger partial charge in [-0.15, -0.1) is 13.2 Å². The van der Waals surface area contributed by atoms with Crippen LogP contribution < -0.4 is 4.74 Å². The number of hydrogen-bond donors (Lipinski definition) is 1. The fourth-order valence-corrected chi connectivity index (χ4v) is 3.73. The lowest BCUT2D eigenvalue weighted by atomic mass is 9.89. The van der Waals surface area contributed by atoms with Crippen molar-refractivity contribution in [1.82, 2.24) is 4.90 Å². The van der Waals surface area contributed by atoms with E-state index < -0.39 is 12.5 Å². The smallest absolute Gasteiger partial charge is 0.405 e. The van der Waals surface area contributed by atoms with Gasteiger partial charge in [-0.25, -0.2) is 0 Å². The maximum Gasteiger partial charge on any atom is 0.573 e. The molecule has 0 aromatic heterocycles. The van der Waals surface area contributed by atoms with Crippen LogP contribution in [0.2, 0.25) is 0 Å². The second-order valence-electron chi connectivity index (χ2n) is 6.43. The largest absolute Gasteiger partial charge is 0.573 e. The number of nitrogens with zero attached hydrogens (tertiary/aromatic N) is 1. The molecule has 0 saturated carbocycles. The number of likely N-dealkylation sites (tertiary alicyclic amines) is 1. The minimum Gasteiger partial charge on any atom is -0.405 e. The van der Waals surface area contributed by atoms with Gasteiger partial charge in [0, 0.05) is 30.7 Å². The van der Waals surface area contributed by atoms with Gasteiger partial charge in [0.2, 0.25) is 0 Å². The van der Waals surface area contributed by atoms with E-state index in [1.165, 1.54) is 12.1 Å². The number of aliphatic hydroxyl groups is 1. The molecule has 1 N–H and O–H groups in total. The Bertz CT molecular complexity index is 552. The molecule has 2 fully saturated rings. The van der Waals surface area contributed by atoms with Crippen LogP contribution in [0, 0.1) is 5.92 Å². The molecule has 1 aromatic rings. The second-order valence-corrected chi connectivity index (χ2v) is 6.43. The molecule has 0 amide bonds. The summed E-state index contributed by atoms with van der Waals surface area (Å²) in [6, 6.07) is 6.36. The van der Waals surface area contributed by atoms with Crippen molar-refractivity contribution in [3.8, 4) is 5.75 Å². The summed E-state index contributed by atoms with van der Waals surface area (Å²) in [6.07, 6.45) is -2.61. The average molecular weight is 345 g/mol. The van der Waals surface area contributed by atoms with Gasteiger partial charge in [0.15, 0.2) is 0 Å². The van der Waals surface area contributed by atoms with E-state index in [-0.39, 0.29) is 17.7 Å². The Morgan fingerprint density at radius 2 is 2.04 bits per heavy atom. The third-order valence-corrected chi connectivity index (χ3v) is 4.84. The third-order valence-electron chi connectivity index (χ3n) is 4.84. The Labute approximate surface area is 139 Å². The number of hydrogen-bond acceptors (Lipinski definition) is 4. The molecule has 0 spiro atoms. The zero-order valence-corrected chi connectivity index (χ0v) is 13.3. The predicted octanol–water partition coefficient (Wildman–Crippen LogP) is 2.95. The zero-order valence-electron chi connectivity index (χ0n) is 13.3. The molecule has 3 rings (SSSR count). The van der Waals surface area contributed by atoms with Crippen LogP contribution in [0.4, 0.5) is 13.2 Å². The molecule has 2 aliphatic heterocycles. The summed E-state index contributed by atoms with van der Waals surface area (Å²) >= 11 is 0. The maximum absolute atomic E-state index is 12.6. The van der Waals surface area contributed by atoms with Gasteiger partial charge in [0.05, 0.1) is 12.7 Å². The minimum atomic E-state index is -4.70. The van der Waals surface area contributed by atoms with Crippen molar-refractivity contribution in [2.45, 2.75) is 44.3 Å². The highest BCUT2D eigenvalue weighted by atomic mass is 19.4. The third kappa shape index (κ3) is 4.20.